The quantitative estimate of drug-likeness (QED) is 0.870. The number of nitrogens with one attached hydrogen (secondary N) is 1. The van der Waals surface area contributed by atoms with Crippen LogP contribution in [-0.4, -0.2) is 28.2 Å². The van der Waals surface area contributed by atoms with Gasteiger partial charge in [-0.05, 0) is 18.6 Å². The van der Waals surface area contributed by atoms with Gasteiger partial charge in [-0.15, -0.1) is 0 Å². The highest BCUT2D eigenvalue weighted by Gasteiger charge is 2.23. The van der Waals surface area contributed by atoms with Crippen LogP contribution < -0.4 is 4.90 Å². The lowest BCUT2D eigenvalue weighted by Crippen LogP contribution is -2.38. The number of aromatic amines is 1. The van der Waals surface area contributed by atoms with Gasteiger partial charge >= 0.3 is 0 Å². The van der Waals surface area contributed by atoms with Crippen LogP contribution in [0.1, 0.15) is 23.9 Å². The summed E-state index contributed by atoms with van der Waals surface area (Å²) in [6.45, 7) is 1.81. The number of H-pyrrole nitrogens is 1. The molecule has 0 bridgehead atoms. The molecular weight excluding hydrogens is 233 g/mol. The van der Waals surface area contributed by atoms with Crippen molar-refractivity contribution in [3.63, 3.8) is 0 Å². The maximum absolute atomic E-state index is 13.3. The highest BCUT2D eigenvalue weighted by atomic mass is 19.1. The Morgan fingerprint density at radius 3 is 2.83 bits per heavy atom. The molecule has 1 saturated heterocycles. The third-order valence-corrected chi connectivity index (χ3v) is 3.26. The zero-order valence-corrected chi connectivity index (χ0v) is 9.81. The highest BCUT2D eigenvalue weighted by Crippen LogP contribution is 2.32. The Hall–Kier alpha value is -1.88. The van der Waals surface area contributed by atoms with Crippen molar-refractivity contribution in [1.29, 1.82) is 0 Å². The second-order valence-corrected chi connectivity index (χ2v) is 4.42. The Morgan fingerprint density at radius 2 is 2.22 bits per heavy atom. The molecule has 94 valence electrons. The smallest absolute Gasteiger partial charge is 0.139 e. The van der Waals surface area contributed by atoms with Gasteiger partial charge in [-0.3, -0.25) is 0 Å². The summed E-state index contributed by atoms with van der Waals surface area (Å²) >= 11 is 0. The van der Waals surface area contributed by atoms with E-state index in [1.54, 1.807) is 18.5 Å². The number of halogens is 1. The van der Waals surface area contributed by atoms with E-state index < -0.39 is 6.10 Å². The number of anilines is 1. The second kappa shape index (κ2) is 4.42. The van der Waals surface area contributed by atoms with E-state index in [1.807, 2.05) is 0 Å². The minimum atomic E-state index is -0.851. The summed E-state index contributed by atoms with van der Waals surface area (Å²) in [4.78, 5) is 8.98. The molecule has 0 amide bonds. The maximum atomic E-state index is 13.3. The molecule has 3 rings (SSSR count). The molecule has 1 atom stereocenters. The molecule has 0 radical (unpaired) electrons. The van der Waals surface area contributed by atoms with E-state index in [2.05, 4.69) is 14.9 Å². The first-order chi connectivity index (χ1) is 8.75. The first kappa shape index (κ1) is 11.2. The van der Waals surface area contributed by atoms with Crippen molar-refractivity contribution in [1.82, 2.24) is 9.97 Å². The predicted octanol–water partition coefficient (Wildman–Crippen LogP) is 1.84. The summed E-state index contributed by atoms with van der Waals surface area (Å²) in [6.07, 6.45) is 3.50. The fourth-order valence-corrected chi connectivity index (χ4v) is 2.15. The van der Waals surface area contributed by atoms with Crippen LogP contribution in [-0.2, 0) is 0 Å². The van der Waals surface area contributed by atoms with Crippen LogP contribution in [0.3, 0.4) is 0 Å². The molecule has 1 aliphatic heterocycles. The fourth-order valence-electron chi connectivity index (χ4n) is 2.15. The number of rotatable bonds is 3. The molecule has 1 fully saturated rings. The van der Waals surface area contributed by atoms with Gasteiger partial charge in [0.25, 0.3) is 0 Å². The standard InChI is InChI=1S/C13H14FN3O/c14-9-2-3-10(11(8-9)17-6-1-7-17)12(18)13-15-4-5-16-13/h2-5,8,12,18H,1,6-7H2,(H,15,16). The average molecular weight is 247 g/mol. The first-order valence-corrected chi connectivity index (χ1v) is 5.97. The Balaban J connectivity index is 2.00. The van der Waals surface area contributed by atoms with Crippen LogP contribution in [0.2, 0.25) is 0 Å². The van der Waals surface area contributed by atoms with Crippen molar-refractivity contribution in [2.24, 2.45) is 0 Å². The second-order valence-electron chi connectivity index (χ2n) is 4.42. The van der Waals surface area contributed by atoms with E-state index in [0.717, 1.165) is 25.2 Å². The largest absolute Gasteiger partial charge is 0.380 e. The average Bonchev–Trinajstić information content (AvgIpc) is 2.79. The van der Waals surface area contributed by atoms with Gasteiger partial charge in [-0.1, -0.05) is 6.07 Å². The van der Waals surface area contributed by atoms with Crippen LogP contribution in [0.5, 0.6) is 0 Å². The van der Waals surface area contributed by atoms with E-state index in [1.165, 1.54) is 12.1 Å². The third kappa shape index (κ3) is 1.86. The van der Waals surface area contributed by atoms with Crippen LogP contribution in [0.25, 0.3) is 0 Å². The van der Waals surface area contributed by atoms with Gasteiger partial charge in [-0.25, -0.2) is 9.37 Å². The summed E-state index contributed by atoms with van der Waals surface area (Å²) < 4.78 is 13.3. The van der Waals surface area contributed by atoms with Crippen LogP contribution in [0.4, 0.5) is 10.1 Å². The zero-order chi connectivity index (χ0) is 12.5. The zero-order valence-electron chi connectivity index (χ0n) is 9.81. The summed E-state index contributed by atoms with van der Waals surface area (Å²) in [7, 11) is 0. The lowest BCUT2D eigenvalue weighted by atomic mass is 10.0. The van der Waals surface area contributed by atoms with Gasteiger partial charge in [0.15, 0.2) is 0 Å². The van der Waals surface area contributed by atoms with Crippen molar-refractivity contribution in [3.8, 4) is 0 Å². The van der Waals surface area contributed by atoms with Gasteiger partial charge in [0, 0.05) is 36.7 Å². The molecule has 4 nitrogen and oxygen atoms in total. The third-order valence-electron chi connectivity index (χ3n) is 3.26. The lowest BCUT2D eigenvalue weighted by molar-refractivity contribution is 0.211. The molecule has 2 heterocycles. The number of benzene rings is 1. The van der Waals surface area contributed by atoms with Crippen LogP contribution in [0.15, 0.2) is 30.6 Å². The van der Waals surface area contributed by atoms with E-state index in [4.69, 9.17) is 0 Å². The molecule has 0 aliphatic carbocycles. The fraction of sp³-hybridized carbons (Fsp3) is 0.308. The number of aromatic nitrogens is 2. The molecule has 2 N–H and O–H groups in total. The van der Waals surface area contributed by atoms with E-state index in [9.17, 15) is 9.50 Å². The van der Waals surface area contributed by atoms with E-state index in [0.29, 0.717) is 11.4 Å². The number of imidazole rings is 1. The summed E-state index contributed by atoms with van der Waals surface area (Å²) in [6, 6.07) is 4.46. The number of nitrogens with zero attached hydrogens (tertiary/aromatic N) is 2. The van der Waals surface area contributed by atoms with Crippen molar-refractivity contribution < 1.29 is 9.50 Å². The molecule has 1 unspecified atom stereocenters. The summed E-state index contributed by atoms with van der Waals surface area (Å²) in [5.74, 6) is 0.190. The number of hydrogen-bond donors (Lipinski definition) is 2. The maximum Gasteiger partial charge on any atom is 0.139 e. The SMILES string of the molecule is OC(c1ncc[nH]1)c1ccc(F)cc1N1CCC1. The Labute approximate surface area is 104 Å². The van der Waals surface area contributed by atoms with E-state index >= 15 is 0 Å². The Morgan fingerprint density at radius 1 is 1.39 bits per heavy atom. The molecule has 0 spiro atoms. The Bertz CT molecular complexity index is 537. The molecule has 1 aromatic carbocycles. The minimum absolute atomic E-state index is 0.285. The van der Waals surface area contributed by atoms with Crippen LogP contribution >= 0.6 is 0 Å². The summed E-state index contributed by atoms with van der Waals surface area (Å²) in [5.41, 5.74) is 1.44. The molecule has 2 aromatic rings. The van der Waals surface area contributed by atoms with Gasteiger partial charge in [0.1, 0.15) is 17.7 Å². The minimum Gasteiger partial charge on any atom is -0.380 e. The number of hydrogen-bond acceptors (Lipinski definition) is 3. The van der Waals surface area contributed by atoms with Crippen molar-refractivity contribution in [2.75, 3.05) is 18.0 Å². The molecular formula is C13H14FN3O. The monoisotopic (exact) mass is 247 g/mol. The molecule has 1 aliphatic rings. The van der Waals surface area contributed by atoms with Gasteiger partial charge < -0.3 is 15.0 Å². The van der Waals surface area contributed by atoms with E-state index in [-0.39, 0.29) is 5.82 Å². The van der Waals surface area contributed by atoms with Gasteiger partial charge in [0.05, 0.1) is 0 Å². The van der Waals surface area contributed by atoms with Gasteiger partial charge in [0.2, 0.25) is 0 Å². The topological polar surface area (TPSA) is 52.2 Å². The first-order valence-electron chi connectivity index (χ1n) is 5.97. The van der Waals surface area contributed by atoms with Crippen LogP contribution in [0, 0.1) is 5.82 Å². The lowest BCUT2D eigenvalue weighted by Gasteiger charge is -2.35. The van der Waals surface area contributed by atoms with Crippen molar-refractivity contribution in [2.45, 2.75) is 12.5 Å². The normalized spacial score (nSPS) is 16.4. The summed E-state index contributed by atoms with van der Waals surface area (Å²) in [5, 5.41) is 10.3. The van der Waals surface area contributed by atoms with Crippen molar-refractivity contribution in [3.05, 3.63) is 47.8 Å². The Kier molecular flexibility index (Phi) is 2.76. The highest BCUT2D eigenvalue weighted by molar-refractivity contribution is 5.57. The number of aliphatic hydroxyl groups is 1. The molecule has 1 aromatic heterocycles. The number of aliphatic hydroxyl groups excluding tert-OH is 1. The molecule has 0 saturated carbocycles. The van der Waals surface area contributed by atoms with Crippen molar-refractivity contribution >= 4 is 5.69 Å². The molecule has 5 heteroatoms. The predicted molar refractivity (Wildman–Crippen MR) is 65.9 cm³/mol. The van der Waals surface area contributed by atoms with Gasteiger partial charge in [-0.2, -0.15) is 0 Å². The molecule has 18 heavy (non-hydrogen) atoms.